The Hall–Kier alpha value is -1.78. The first-order chi connectivity index (χ1) is 7.95. The summed E-state index contributed by atoms with van der Waals surface area (Å²) >= 11 is 0. The lowest BCUT2D eigenvalue weighted by atomic mass is 10.0. The molecule has 0 saturated carbocycles. The van der Waals surface area contributed by atoms with Crippen LogP contribution in [0.25, 0.3) is 0 Å². The zero-order valence-corrected chi connectivity index (χ0v) is 10.4. The van der Waals surface area contributed by atoms with Gasteiger partial charge < -0.3 is 16.2 Å². The molecule has 0 aromatic carbocycles. The normalized spacial score (nSPS) is 12.5. The van der Waals surface area contributed by atoms with Crippen LogP contribution in [0.5, 0.6) is 0 Å². The molecule has 1 aromatic heterocycles. The first-order valence-electron chi connectivity index (χ1n) is 5.71. The fraction of sp³-hybridized carbons (Fsp3) is 0.500. The second-order valence-electron chi connectivity index (χ2n) is 4.37. The summed E-state index contributed by atoms with van der Waals surface area (Å²) in [6.07, 6.45) is 2.37. The van der Waals surface area contributed by atoms with Crippen molar-refractivity contribution in [3.63, 3.8) is 0 Å². The first kappa shape index (κ1) is 13.3. The van der Waals surface area contributed by atoms with Gasteiger partial charge in [-0.2, -0.15) is 0 Å². The molecule has 0 fully saturated rings. The molecule has 0 bridgehead atoms. The largest absolute Gasteiger partial charge is 0.478 e. The van der Waals surface area contributed by atoms with Crippen molar-refractivity contribution < 1.29 is 9.90 Å². The predicted molar refractivity (Wildman–Crippen MR) is 68.1 cm³/mol. The smallest absolute Gasteiger partial charge is 0.339 e. The third kappa shape index (κ3) is 3.34. The van der Waals surface area contributed by atoms with E-state index in [-0.39, 0.29) is 11.6 Å². The van der Waals surface area contributed by atoms with E-state index >= 15 is 0 Å². The molecule has 4 N–H and O–H groups in total. The third-order valence-electron chi connectivity index (χ3n) is 2.71. The molecule has 1 aromatic rings. The molecule has 0 saturated heterocycles. The molecule has 0 aliphatic rings. The Kier molecular flexibility index (Phi) is 4.31. The fourth-order valence-electron chi connectivity index (χ4n) is 1.67. The van der Waals surface area contributed by atoms with Gasteiger partial charge in [0, 0.05) is 6.04 Å². The number of carboxylic acid groups (broad SMARTS) is 1. The van der Waals surface area contributed by atoms with Gasteiger partial charge in [-0.15, -0.1) is 0 Å². The van der Waals surface area contributed by atoms with E-state index in [0.717, 1.165) is 6.42 Å². The summed E-state index contributed by atoms with van der Waals surface area (Å²) in [7, 11) is 0. The number of carboxylic acids is 1. The molecule has 1 heterocycles. The SMILES string of the molecule is CCC(Nc1ncc(N)cc1C(=O)O)C(C)C. The molecule has 0 radical (unpaired) electrons. The van der Waals surface area contributed by atoms with E-state index in [1.807, 2.05) is 0 Å². The lowest BCUT2D eigenvalue weighted by Gasteiger charge is -2.22. The maximum absolute atomic E-state index is 11.1. The fourth-order valence-corrected chi connectivity index (χ4v) is 1.67. The van der Waals surface area contributed by atoms with Crippen LogP contribution in [0.15, 0.2) is 12.3 Å². The van der Waals surface area contributed by atoms with Gasteiger partial charge in [0.2, 0.25) is 0 Å². The Bertz CT molecular complexity index is 405. The van der Waals surface area contributed by atoms with Gasteiger partial charge in [-0.1, -0.05) is 20.8 Å². The van der Waals surface area contributed by atoms with Gasteiger partial charge in [0.15, 0.2) is 0 Å². The van der Waals surface area contributed by atoms with Crippen LogP contribution in [-0.2, 0) is 0 Å². The number of aromatic carboxylic acids is 1. The number of carbonyl (C=O) groups is 1. The minimum atomic E-state index is -1.02. The van der Waals surface area contributed by atoms with Crippen molar-refractivity contribution in [2.75, 3.05) is 11.1 Å². The van der Waals surface area contributed by atoms with Gasteiger partial charge >= 0.3 is 5.97 Å². The number of hydrogen-bond donors (Lipinski definition) is 3. The highest BCUT2D eigenvalue weighted by atomic mass is 16.4. The number of aromatic nitrogens is 1. The monoisotopic (exact) mass is 237 g/mol. The van der Waals surface area contributed by atoms with Crippen molar-refractivity contribution >= 4 is 17.5 Å². The highest BCUT2D eigenvalue weighted by molar-refractivity contribution is 5.94. The van der Waals surface area contributed by atoms with Gasteiger partial charge in [0.25, 0.3) is 0 Å². The van der Waals surface area contributed by atoms with Crippen molar-refractivity contribution in [3.8, 4) is 0 Å². The van der Waals surface area contributed by atoms with Gasteiger partial charge in [0.05, 0.1) is 11.9 Å². The number of anilines is 2. The summed E-state index contributed by atoms with van der Waals surface area (Å²) < 4.78 is 0. The molecule has 5 heteroatoms. The topological polar surface area (TPSA) is 88.2 Å². The number of nitrogen functional groups attached to an aromatic ring is 1. The zero-order chi connectivity index (χ0) is 13.0. The van der Waals surface area contributed by atoms with Crippen LogP contribution in [0.4, 0.5) is 11.5 Å². The first-order valence-corrected chi connectivity index (χ1v) is 5.71. The lowest BCUT2D eigenvalue weighted by molar-refractivity contribution is 0.0697. The molecule has 94 valence electrons. The highest BCUT2D eigenvalue weighted by Gasteiger charge is 2.17. The second kappa shape index (κ2) is 5.52. The van der Waals surface area contributed by atoms with Crippen molar-refractivity contribution in [2.24, 2.45) is 5.92 Å². The van der Waals surface area contributed by atoms with E-state index in [2.05, 4.69) is 31.1 Å². The van der Waals surface area contributed by atoms with Crippen LogP contribution >= 0.6 is 0 Å². The van der Waals surface area contributed by atoms with Crippen molar-refractivity contribution in [3.05, 3.63) is 17.8 Å². The van der Waals surface area contributed by atoms with Crippen LogP contribution < -0.4 is 11.1 Å². The number of nitrogens with two attached hydrogens (primary N) is 1. The number of hydrogen-bond acceptors (Lipinski definition) is 4. The Morgan fingerprint density at radius 2 is 2.24 bits per heavy atom. The molecular formula is C12H19N3O2. The van der Waals surface area contributed by atoms with Crippen LogP contribution in [0.3, 0.4) is 0 Å². The molecule has 0 spiro atoms. The van der Waals surface area contributed by atoms with Gasteiger partial charge in [0.1, 0.15) is 11.4 Å². The number of pyridine rings is 1. The molecule has 17 heavy (non-hydrogen) atoms. The Labute approximate surface area is 101 Å². The molecule has 0 amide bonds. The van der Waals surface area contributed by atoms with E-state index in [1.165, 1.54) is 12.3 Å². The van der Waals surface area contributed by atoms with Gasteiger partial charge in [-0.3, -0.25) is 0 Å². The quantitative estimate of drug-likeness (QED) is 0.730. The summed E-state index contributed by atoms with van der Waals surface area (Å²) in [6.45, 7) is 6.22. The van der Waals surface area contributed by atoms with E-state index in [0.29, 0.717) is 17.4 Å². The average Bonchev–Trinajstić information content (AvgIpc) is 2.26. The third-order valence-corrected chi connectivity index (χ3v) is 2.71. The predicted octanol–water partition coefficient (Wildman–Crippen LogP) is 2.21. The van der Waals surface area contributed by atoms with E-state index in [1.54, 1.807) is 0 Å². The van der Waals surface area contributed by atoms with Crippen molar-refractivity contribution in [1.82, 2.24) is 4.98 Å². The van der Waals surface area contributed by atoms with Crippen LogP contribution in [0.1, 0.15) is 37.6 Å². The summed E-state index contributed by atoms with van der Waals surface area (Å²) in [5, 5.41) is 12.2. The summed E-state index contributed by atoms with van der Waals surface area (Å²) in [5.41, 5.74) is 6.00. The molecule has 0 aliphatic carbocycles. The maximum atomic E-state index is 11.1. The summed E-state index contributed by atoms with van der Waals surface area (Å²) in [5.74, 6) is -0.237. The van der Waals surface area contributed by atoms with E-state index in [4.69, 9.17) is 10.8 Å². The molecular weight excluding hydrogens is 218 g/mol. The minimum absolute atomic E-state index is 0.115. The molecule has 1 rings (SSSR count). The highest BCUT2D eigenvalue weighted by Crippen LogP contribution is 2.19. The summed E-state index contributed by atoms with van der Waals surface area (Å²) in [4.78, 5) is 15.1. The van der Waals surface area contributed by atoms with Crippen molar-refractivity contribution in [1.29, 1.82) is 0 Å². The minimum Gasteiger partial charge on any atom is -0.478 e. The molecule has 5 nitrogen and oxygen atoms in total. The van der Waals surface area contributed by atoms with Gasteiger partial charge in [-0.25, -0.2) is 9.78 Å². The zero-order valence-electron chi connectivity index (χ0n) is 10.4. The maximum Gasteiger partial charge on any atom is 0.339 e. The van der Waals surface area contributed by atoms with Crippen LogP contribution in [-0.4, -0.2) is 22.1 Å². The van der Waals surface area contributed by atoms with Crippen LogP contribution in [0, 0.1) is 5.92 Å². The molecule has 1 atom stereocenters. The average molecular weight is 237 g/mol. The number of rotatable bonds is 5. The number of nitrogens with one attached hydrogen (secondary N) is 1. The Morgan fingerprint density at radius 1 is 1.59 bits per heavy atom. The van der Waals surface area contributed by atoms with E-state index < -0.39 is 5.97 Å². The van der Waals surface area contributed by atoms with Crippen molar-refractivity contribution in [2.45, 2.75) is 33.2 Å². The molecule has 1 unspecified atom stereocenters. The lowest BCUT2D eigenvalue weighted by Crippen LogP contribution is -2.26. The number of nitrogens with zero attached hydrogens (tertiary/aromatic N) is 1. The Balaban J connectivity index is 3.01. The van der Waals surface area contributed by atoms with E-state index in [9.17, 15) is 4.79 Å². The Morgan fingerprint density at radius 3 is 2.71 bits per heavy atom. The summed E-state index contributed by atoms with van der Waals surface area (Å²) in [6, 6.07) is 1.62. The van der Waals surface area contributed by atoms with Crippen LogP contribution in [0.2, 0.25) is 0 Å². The molecule has 0 aliphatic heterocycles. The van der Waals surface area contributed by atoms with Gasteiger partial charge in [-0.05, 0) is 18.4 Å². The second-order valence-corrected chi connectivity index (χ2v) is 4.37. The standard InChI is InChI=1S/C12H19N3O2/c1-4-10(7(2)3)15-11-9(12(16)17)5-8(13)6-14-11/h5-7,10H,4,13H2,1-3H3,(H,14,15)(H,16,17).